The minimum Gasteiger partial charge on any atom is -0.482 e. The van der Waals surface area contributed by atoms with E-state index in [0.717, 1.165) is 11.4 Å². The number of aliphatic imine (C=N–C) groups is 1. The number of amides is 2. The van der Waals surface area contributed by atoms with Crippen molar-refractivity contribution in [2.45, 2.75) is 25.8 Å². The highest BCUT2D eigenvalue weighted by atomic mass is 32.1. The van der Waals surface area contributed by atoms with Crippen LogP contribution in [-0.2, 0) is 4.79 Å². The van der Waals surface area contributed by atoms with Crippen LogP contribution in [0, 0.1) is 6.92 Å². The topological polar surface area (TPSA) is 109 Å². The van der Waals surface area contributed by atoms with Crippen LogP contribution in [0.3, 0.4) is 0 Å². The maximum atomic E-state index is 13.3. The first-order valence-corrected chi connectivity index (χ1v) is 12.1. The van der Waals surface area contributed by atoms with E-state index in [-0.39, 0.29) is 11.9 Å². The Morgan fingerprint density at radius 1 is 1.34 bits per heavy atom. The first-order chi connectivity index (χ1) is 17.0. The zero-order valence-corrected chi connectivity index (χ0v) is 20.0. The van der Waals surface area contributed by atoms with Gasteiger partial charge in [0.25, 0.3) is 5.91 Å². The van der Waals surface area contributed by atoms with Crippen molar-refractivity contribution < 1.29 is 14.3 Å². The van der Waals surface area contributed by atoms with Crippen LogP contribution in [0.2, 0.25) is 0 Å². The van der Waals surface area contributed by atoms with Gasteiger partial charge in [0.05, 0.1) is 29.2 Å². The third-order valence-electron chi connectivity index (χ3n) is 5.75. The van der Waals surface area contributed by atoms with Gasteiger partial charge in [-0.1, -0.05) is 30.0 Å². The van der Waals surface area contributed by atoms with Crippen molar-refractivity contribution in [3.05, 3.63) is 65.8 Å². The third kappa shape index (κ3) is 4.78. The van der Waals surface area contributed by atoms with E-state index in [4.69, 9.17) is 4.74 Å². The highest BCUT2D eigenvalue weighted by Gasteiger charge is 2.29. The molecule has 0 fully saturated rings. The fraction of sp³-hybridized carbons (Fsp3) is 0.240. The lowest BCUT2D eigenvalue weighted by molar-refractivity contribution is -0.117. The quantitative estimate of drug-likeness (QED) is 0.529. The zero-order chi connectivity index (χ0) is 24.4. The zero-order valence-electron chi connectivity index (χ0n) is 19.2. The largest absolute Gasteiger partial charge is 0.482 e. The Morgan fingerprint density at radius 3 is 3.06 bits per heavy atom. The number of para-hydroxylation sites is 2. The Balaban J connectivity index is 1.58. The van der Waals surface area contributed by atoms with E-state index in [1.807, 2.05) is 36.1 Å². The molecule has 2 aromatic heterocycles. The molecule has 9 nitrogen and oxygen atoms in total. The molecule has 2 aliphatic heterocycles. The Hall–Kier alpha value is -4.05. The number of carbonyl (C=O) groups excluding carboxylic acids is 2. The van der Waals surface area contributed by atoms with Gasteiger partial charge in [-0.15, -0.1) is 0 Å². The average Bonchev–Trinajstić information content (AvgIpc) is 3.45. The van der Waals surface area contributed by atoms with Crippen molar-refractivity contribution in [2.75, 3.05) is 23.4 Å². The van der Waals surface area contributed by atoms with E-state index in [1.165, 1.54) is 17.4 Å². The molecule has 5 rings (SSSR count). The van der Waals surface area contributed by atoms with Crippen LogP contribution in [0.4, 0.5) is 11.4 Å². The first kappa shape index (κ1) is 22.7. The van der Waals surface area contributed by atoms with Gasteiger partial charge in [0.15, 0.2) is 0 Å². The summed E-state index contributed by atoms with van der Waals surface area (Å²) < 4.78 is 6.03. The van der Waals surface area contributed by atoms with Gasteiger partial charge in [0.1, 0.15) is 5.69 Å². The number of aryl methyl sites for hydroxylation is 1. The summed E-state index contributed by atoms with van der Waals surface area (Å²) in [4.78, 5) is 40.8. The minimum absolute atomic E-state index is 0.228. The van der Waals surface area contributed by atoms with Gasteiger partial charge >= 0.3 is 0 Å². The monoisotopic (exact) mass is 488 g/mol. The Kier molecular flexibility index (Phi) is 6.28. The Morgan fingerprint density at radius 2 is 2.20 bits per heavy atom. The van der Waals surface area contributed by atoms with Crippen LogP contribution in [0.1, 0.15) is 28.9 Å². The van der Waals surface area contributed by atoms with E-state index in [2.05, 4.69) is 32.2 Å². The van der Waals surface area contributed by atoms with E-state index < -0.39 is 5.91 Å². The Labute approximate surface area is 206 Å². The van der Waals surface area contributed by atoms with Gasteiger partial charge in [-0.25, -0.2) is 4.98 Å². The van der Waals surface area contributed by atoms with Crippen molar-refractivity contribution in [3.8, 4) is 16.5 Å². The second-order valence-corrected chi connectivity index (χ2v) is 9.08. The van der Waals surface area contributed by atoms with Gasteiger partial charge in [-0.2, -0.15) is 4.99 Å². The van der Waals surface area contributed by atoms with Gasteiger partial charge in [-0.3, -0.25) is 14.6 Å². The highest BCUT2D eigenvalue weighted by Crippen LogP contribution is 2.34. The van der Waals surface area contributed by atoms with E-state index in [0.29, 0.717) is 59.7 Å². The number of thiazole rings is 1. The van der Waals surface area contributed by atoms with Crippen molar-refractivity contribution >= 4 is 40.5 Å². The van der Waals surface area contributed by atoms with Crippen LogP contribution in [-0.4, -0.2) is 46.9 Å². The molecule has 10 heteroatoms. The summed E-state index contributed by atoms with van der Waals surface area (Å²) >= 11 is 1.38. The van der Waals surface area contributed by atoms with Crippen molar-refractivity contribution in [3.63, 3.8) is 0 Å². The van der Waals surface area contributed by atoms with E-state index in [1.54, 1.807) is 17.6 Å². The number of hydrogen-bond acceptors (Lipinski definition) is 8. The first-order valence-electron chi connectivity index (χ1n) is 11.3. The lowest BCUT2D eigenvalue weighted by atomic mass is 10.1. The maximum absolute atomic E-state index is 13.3. The number of hydrogen-bond donors (Lipinski definition) is 2. The van der Waals surface area contributed by atoms with Crippen molar-refractivity contribution in [2.24, 2.45) is 4.99 Å². The van der Waals surface area contributed by atoms with Gasteiger partial charge in [0, 0.05) is 23.8 Å². The minimum atomic E-state index is -0.406. The smallest absolute Gasteiger partial charge is 0.280 e. The molecule has 2 amide bonds. The SMILES string of the molecule is C=CC(=O)NC1CCCOc2scnc2-c2cc(cc(C)n2)C(=O)/N=C2\Nc3ccccc3N2C1. The number of anilines is 2. The molecule has 4 heterocycles. The summed E-state index contributed by atoms with van der Waals surface area (Å²) in [5, 5.41) is 6.90. The summed E-state index contributed by atoms with van der Waals surface area (Å²) in [6.07, 6.45) is 2.60. The second-order valence-electron chi connectivity index (χ2n) is 8.26. The van der Waals surface area contributed by atoms with Crippen LogP contribution in [0.25, 0.3) is 11.4 Å². The standard InChI is InChI=1S/C25H24N6O3S/c1-3-21(32)28-17-7-6-10-34-24-22(26-14-35-24)19-12-16(11-15(2)27-19)23(33)30-25-29-18-8-4-5-9-20(18)31(25)13-17/h3-5,8-9,11-12,14,17H,1,6-7,10,13H2,2H3,(H,28,32)(H,29,30,33). The number of benzene rings is 1. The molecule has 35 heavy (non-hydrogen) atoms. The molecule has 0 radical (unpaired) electrons. The molecule has 2 bridgehead atoms. The fourth-order valence-electron chi connectivity index (χ4n) is 4.16. The second kappa shape index (κ2) is 9.67. The molecule has 178 valence electrons. The number of aromatic nitrogens is 2. The van der Waals surface area contributed by atoms with E-state index >= 15 is 0 Å². The fourth-order valence-corrected chi connectivity index (χ4v) is 4.83. The molecule has 0 saturated heterocycles. The van der Waals surface area contributed by atoms with Crippen LogP contribution < -0.4 is 20.3 Å². The number of ether oxygens (including phenoxy) is 1. The molecule has 0 aliphatic carbocycles. The summed E-state index contributed by atoms with van der Waals surface area (Å²) in [6.45, 7) is 6.27. The van der Waals surface area contributed by atoms with Crippen LogP contribution in [0.15, 0.2) is 59.6 Å². The summed E-state index contributed by atoms with van der Waals surface area (Å²) in [6, 6.07) is 10.9. The molecule has 0 spiro atoms. The molecule has 1 unspecified atom stereocenters. The lowest BCUT2D eigenvalue weighted by Gasteiger charge is -2.26. The molecule has 1 aromatic carbocycles. The van der Waals surface area contributed by atoms with Crippen molar-refractivity contribution in [1.29, 1.82) is 0 Å². The summed E-state index contributed by atoms with van der Waals surface area (Å²) in [5.74, 6) is -0.256. The molecule has 2 N–H and O–H groups in total. The summed E-state index contributed by atoms with van der Waals surface area (Å²) in [7, 11) is 0. The summed E-state index contributed by atoms with van der Waals surface area (Å²) in [5.41, 5.74) is 5.68. The average molecular weight is 489 g/mol. The molecular weight excluding hydrogens is 464 g/mol. The van der Waals surface area contributed by atoms with Gasteiger partial charge < -0.3 is 20.3 Å². The number of fused-ring (bicyclic) bond motifs is 7. The molecule has 1 atom stereocenters. The molecule has 2 aliphatic rings. The van der Waals surface area contributed by atoms with Gasteiger partial charge in [0.2, 0.25) is 16.9 Å². The molecular formula is C25H24N6O3S. The predicted octanol–water partition coefficient (Wildman–Crippen LogP) is 3.79. The molecule has 0 saturated carbocycles. The number of carbonyl (C=O) groups is 2. The molecule has 3 aromatic rings. The number of rotatable bonds is 2. The predicted molar refractivity (Wildman–Crippen MR) is 136 cm³/mol. The maximum Gasteiger partial charge on any atom is 0.280 e. The Bertz CT molecular complexity index is 1330. The number of nitrogens with one attached hydrogen (secondary N) is 2. The van der Waals surface area contributed by atoms with Crippen LogP contribution >= 0.6 is 11.3 Å². The normalized spacial score (nSPS) is 18.9. The number of pyridine rings is 1. The highest BCUT2D eigenvalue weighted by molar-refractivity contribution is 7.12. The van der Waals surface area contributed by atoms with Gasteiger partial charge in [-0.05, 0) is 50.1 Å². The number of nitrogens with zero attached hydrogens (tertiary/aromatic N) is 4. The van der Waals surface area contributed by atoms with Crippen molar-refractivity contribution in [1.82, 2.24) is 15.3 Å². The van der Waals surface area contributed by atoms with Crippen LogP contribution in [0.5, 0.6) is 5.06 Å². The van der Waals surface area contributed by atoms with E-state index in [9.17, 15) is 9.59 Å². The third-order valence-corrected chi connectivity index (χ3v) is 6.48. The lowest BCUT2D eigenvalue weighted by Crippen LogP contribution is -2.45. The number of guanidine groups is 1.